The molecule has 7 nitrogen and oxygen atoms in total. The molecule has 0 unspecified atom stereocenters. The molecular formula is C11H9N3O4. The van der Waals surface area contributed by atoms with E-state index in [1.54, 1.807) is 12.1 Å². The highest BCUT2D eigenvalue weighted by Crippen LogP contribution is 2.20. The van der Waals surface area contributed by atoms with Crippen molar-refractivity contribution in [3.63, 3.8) is 0 Å². The summed E-state index contributed by atoms with van der Waals surface area (Å²) >= 11 is 0. The lowest BCUT2D eigenvalue weighted by molar-refractivity contribution is 0.0687. The first-order valence-corrected chi connectivity index (χ1v) is 4.92. The smallest absolute Gasteiger partial charge is 0.341 e. The van der Waals surface area contributed by atoms with E-state index in [0.717, 1.165) is 10.9 Å². The normalized spacial score (nSPS) is 10.2. The molecule has 0 saturated heterocycles. The first kappa shape index (κ1) is 11.6. The molecular weight excluding hydrogens is 238 g/mol. The van der Waals surface area contributed by atoms with Crippen LogP contribution in [0.25, 0.3) is 5.69 Å². The number of aromatic carboxylic acids is 2. The fourth-order valence-electron chi connectivity index (χ4n) is 1.55. The Hall–Kier alpha value is -2.83. The minimum atomic E-state index is -1.22. The predicted octanol–water partition coefficient (Wildman–Crippen LogP) is 0.851. The topological polar surface area (TPSA) is 118 Å². The highest BCUT2D eigenvalue weighted by atomic mass is 16.4. The van der Waals surface area contributed by atoms with Crippen LogP contribution in [-0.4, -0.2) is 31.9 Å². The summed E-state index contributed by atoms with van der Waals surface area (Å²) in [5, 5.41) is 21.7. The zero-order valence-electron chi connectivity index (χ0n) is 9.07. The van der Waals surface area contributed by atoms with Crippen LogP contribution in [0.4, 0.5) is 5.82 Å². The van der Waals surface area contributed by atoms with Gasteiger partial charge < -0.3 is 15.9 Å². The standard InChI is InChI=1S/C11H9N3O4/c12-9-7(11(17)18)5-13-14(9)8-4-2-1-3-6(8)10(15)16/h1-5H,12H2,(H,15,16)(H,17,18). The van der Waals surface area contributed by atoms with Crippen molar-refractivity contribution in [1.82, 2.24) is 9.78 Å². The molecule has 2 aromatic rings. The summed E-state index contributed by atoms with van der Waals surface area (Å²) < 4.78 is 1.09. The van der Waals surface area contributed by atoms with Crippen LogP contribution in [0.1, 0.15) is 20.7 Å². The summed E-state index contributed by atoms with van der Waals surface area (Å²) in [7, 11) is 0. The van der Waals surface area contributed by atoms with Crippen LogP contribution in [0, 0.1) is 0 Å². The lowest BCUT2D eigenvalue weighted by Crippen LogP contribution is -2.10. The summed E-state index contributed by atoms with van der Waals surface area (Å²) in [6.07, 6.45) is 1.08. The summed E-state index contributed by atoms with van der Waals surface area (Å²) in [4.78, 5) is 21.9. The number of carbonyl (C=O) groups is 2. The largest absolute Gasteiger partial charge is 0.478 e. The second-order valence-electron chi connectivity index (χ2n) is 3.48. The Labute approximate surface area is 101 Å². The van der Waals surface area contributed by atoms with Gasteiger partial charge in [0.2, 0.25) is 0 Å². The number of anilines is 1. The Bertz CT molecular complexity index is 633. The maximum atomic E-state index is 11.0. The van der Waals surface area contributed by atoms with Crippen LogP contribution in [0.5, 0.6) is 0 Å². The van der Waals surface area contributed by atoms with Gasteiger partial charge in [0.25, 0.3) is 0 Å². The third-order valence-electron chi connectivity index (χ3n) is 2.40. The van der Waals surface area contributed by atoms with Crippen LogP contribution in [0.15, 0.2) is 30.5 Å². The highest BCUT2D eigenvalue weighted by Gasteiger charge is 2.18. The van der Waals surface area contributed by atoms with Gasteiger partial charge in [-0.15, -0.1) is 0 Å². The fraction of sp³-hybridized carbons (Fsp3) is 0. The molecule has 1 aromatic carbocycles. The molecule has 2 rings (SSSR count). The zero-order valence-corrected chi connectivity index (χ0v) is 9.07. The van der Waals surface area contributed by atoms with Gasteiger partial charge in [0.05, 0.1) is 17.4 Å². The van der Waals surface area contributed by atoms with Crippen LogP contribution < -0.4 is 5.73 Å². The first-order valence-electron chi connectivity index (χ1n) is 4.92. The van der Waals surface area contributed by atoms with Gasteiger partial charge in [-0.3, -0.25) is 0 Å². The molecule has 7 heteroatoms. The number of hydrogen-bond donors (Lipinski definition) is 3. The molecule has 18 heavy (non-hydrogen) atoms. The van der Waals surface area contributed by atoms with E-state index in [0.29, 0.717) is 0 Å². The van der Waals surface area contributed by atoms with E-state index < -0.39 is 11.9 Å². The number of aromatic nitrogens is 2. The van der Waals surface area contributed by atoms with Gasteiger partial charge in [0.15, 0.2) is 0 Å². The summed E-state index contributed by atoms with van der Waals surface area (Å²) in [5.41, 5.74) is 5.67. The maximum absolute atomic E-state index is 11.0. The van der Waals surface area contributed by atoms with Gasteiger partial charge in [-0.2, -0.15) is 5.10 Å². The lowest BCUT2D eigenvalue weighted by atomic mass is 10.2. The third kappa shape index (κ3) is 1.77. The minimum Gasteiger partial charge on any atom is -0.478 e. The summed E-state index contributed by atoms with van der Waals surface area (Å²) in [6, 6.07) is 6.06. The van der Waals surface area contributed by atoms with Crippen LogP contribution >= 0.6 is 0 Å². The Morgan fingerprint density at radius 2 is 1.72 bits per heavy atom. The van der Waals surface area contributed by atoms with E-state index in [-0.39, 0.29) is 22.6 Å². The van der Waals surface area contributed by atoms with Crippen molar-refractivity contribution in [2.75, 3.05) is 5.73 Å². The Kier molecular flexibility index (Phi) is 2.72. The number of rotatable bonds is 3. The Balaban J connectivity index is 2.63. The highest BCUT2D eigenvalue weighted by molar-refractivity contribution is 5.94. The molecule has 1 aromatic heterocycles. The van der Waals surface area contributed by atoms with Crippen molar-refractivity contribution in [3.8, 4) is 5.69 Å². The average molecular weight is 247 g/mol. The second-order valence-corrected chi connectivity index (χ2v) is 3.48. The number of nitrogen functional groups attached to an aromatic ring is 1. The van der Waals surface area contributed by atoms with Gasteiger partial charge >= 0.3 is 11.9 Å². The second kappa shape index (κ2) is 4.21. The molecule has 0 fully saturated rings. The van der Waals surface area contributed by atoms with Crippen molar-refractivity contribution in [2.24, 2.45) is 0 Å². The lowest BCUT2D eigenvalue weighted by Gasteiger charge is -2.07. The molecule has 0 spiro atoms. The third-order valence-corrected chi connectivity index (χ3v) is 2.40. The molecule has 0 aliphatic rings. The van der Waals surface area contributed by atoms with Crippen LogP contribution in [0.3, 0.4) is 0 Å². The molecule has 92 valence electrons. The van der Waals surface area contributed by atoms with E-state index in [4.69, 9.17) is 15.9 Å². The molecule has 0 radical (unpaired) electrons. The van der Waals surface area contributed by atoms with Crippen molar-refractivity contribution >= 4 is 17.8 Å². The molecule has 1 heterocycles. The summed E-state index contributed by atoms with van der Waals surface area (Å²) in [5.74, 6) is -2.47. The van der Waals surface area contributed by atoms with Crippen LogP contribution in [-0.2, 0) is 0 Å². The molecule has 0 amide bonds. The molecule has 0 saturated carbocycles. The van der Waals surface area contributed by atoms with Crippen molar-refractivity contribution in [1.29, 1.82) is 0 Å². The van der Waals surface area contributed by atoms with Crippen molar-refractivity contribution < 1.29 is 19.8 Å². The number of carboxylic acids is 2. The van der Waals surface area contributed by atoms with E-state index >= 15 is 0 Å². The first-order chi connectivity index (χ1) is 8.52. The average Bonchev–Trinajstić information content (AvgIpc) is 2.71. The molecule has 4 N–H and O–H groups in total. The number of nitrogens with zero attached hydrogens (tertiary/aromatic N) is 2. The van der Waals surface area contributed by atoms with E-state index in [1.165, 1.54) is 12.1 Å². The summed E-state index contributed by atoms with van der Waals surface area (Å²) in [6.45, 7) is 0. The quantitative estimate of drug-likeness (QED) is 0.739. The Morgan fingerprint density at radius 1 is 1.11 bits per heavy atom. The minimum absolute atomic E-state index is 0.00996. The van der Waals surface area contributed by atoms with E-state index in [9.17, 15) is 9.59 Å². The van der Waals surface area contributed by atoms with Crippen LogP contribution in [0.2, 0.25) is 0 Å². The van der Waals surface area contributed by atoms with Gasteiger partial charge in [-0.1, -0.05) is 12.1 Å². The molecule has 0 bridgehead atoms. The number of hydrogen-bond acceptors (Lipinski definition) is 4. The monoisotopic (exact) mass is 247 g/mol. The molecule has 0 aliphatic heterocycles. The Morgan fingerprint density at radius 3 is 2.28 bits per heavy atom. The van der Waals surface area contributed by atoms with Gasteiger partial charge in [0.1, 0.15) is 11.4 Å². The number of benzene rings is 1. The van der Waals surface area contributed by atoms with Gasteiger partial charge in [0, 0.05) is 0 Å². The zero-order chi connectivity index (χ0) is 13.3. The molecule has 0 aliphatic carbocycles. The van der Waals surface area contributed by atoms with Gasteiger partial charge in [-0.05, 0) is 12.1 Å². The maximum Gasteiger partial charge on any atom is 0.341 e. The van der Waals surface area contributed by atoms with Crippen molar-refractivity contribution in [3.05, 3.63) is 41.6 Å². The number of nitrogens with two attached hydrogens (primary N) is 1. The van der Waals surface area contributed by atoms with Gasteiger partial charge in [-0.25, -0.2) is 14.3 Å². The fourth-order valence-corrected chi connectivity index (χ4v) is 1.55. The van der Waals surface area contributed by atoms with Crippen molar-refractivity contribution in [2.45, 2.75) is 0 Å². The number of para-hydroxylation sites is 1. The predicted molar refractivity (Wildman–Crippen MR) is 61.9 cm³/mol. The SMILES string of the molecule is Nc1c(C(=O)O)cnn1-c1ccccc1C(=O)O. The number of carboxylic acid groups (broad SMARTS) is 2. The molecule has 0 atom stereocenters. The van der Waals surface area contributed by atoms with E-state index in [2.05, 4.69) is 5.10 Å². The van der Waals surface area contributed by atoms with E-state index in [1.807, 2.05) is 0 Å².